The first-order valence-corrected chi connectivity index (χ1v) is 9.97. The molecule has 0 bridgehead atoms. The number of imidazole rings is 1. The highest BCUT2D eigenvalue weighted by Gasteiger charge is 2.28. The fourth-order valence-corrected chi connectivity index (χ4v) is 4.95. The predicted octanol–water partition coefficient (Wildman–Crippen LogP) is 2.96. The Morgan fingerprint density at radius 3 is 2.81 bits per heavy atom. The molecule has 0 N–H and O–H groups in total. The number of amides is 1. The van der Waals surface area contributed by atoms with Gasteiger partial charge in [-0.25, -0.2) is 14.6 Å². The third kappa shape index (κ3) is 3.02. The molecule has 1 fully saturated rings. The van der Waals surface area contributed by atoms with Gasteiger partial charge in [-0.1, -0.05) is 0 Å². The van der Waals surface area contributed by atoms with Gasteiger partial charge in [-0.05, 0) is 33.6 Å². The SMILES string of the molecule is Cc1csc2c(C3CCN(C(=O)C[C@H](C)n4cncn4)CC3)nc(C)n12. The van der Waals surface area contributed by atoms with Crippen molar-refractivity contribution in [3.05, 3.63) is 35.2 Å². The molecule has 3 aromatic heterocycles. The summed E-state index contributed by atoms with van der Waals surface area (Å²) in [4.78, 5) is 24.7. The van der Waals surface area contributed by atoms with Crippen LogP contribution in [0.15, 0.2) is 18.0 Å². The van der Waals surface area contributed by atoms with Gasteiger partial charge in [0.05, 0.1) is 11.7 Å². The number of carbonyl (C=O) groups excluding carboxylic acids is 1. The Hall–Kier alpha value is -2.22. The molecule has 0 radical (unpaired) electrons. The number of rotatable bonds is 4. The largest absolute Gasteiger partial charge is 0.343 e. The molecule has 0 aliphatic carbocycles. The van der Waals surface area contributed by atoms with Gasteiger partial charge in [0.25, 0.3) is 0 Å². The molecule has 1 atom stereocenters. The topological polar surface area (TPSA) is 68.3 Å². The second-order valence-electron chi connectivity index (χ2n) is 7.15. The highest BCUT2D eigenvalue weighted by atomic mass is 32.1. The summed E-state index contributed by atoms with van der Waals surface area (Å²) < 4.78 is 3.99. The minimum absolute atomic E-state index is 0.0345. The van der Waals surface area contributed by atoms with Crippen LogP contribution in [0.25, 0.3) is 4.83 Å². The number of aromatic nitrogens is 5. The molecule has 0 unspecified atom stereocenters. The lowest BCUT2D eigenvalue weighted by Crippen LogP contribution is -2.38. The third-order valence-corrected chi connectivity index (χ3v) is 6.39. The van der Waals surface area contributed by atoms with E-state index in [2.05, 4.69) is 33.7 Å². The van der Waals surface area contributed by atoms with E-state index in [0.29, 0.717) is 12.3 Å². The minimum Gasteiger partial charge on any atom is -0.343 e. The summed E-state index contributed by atoms with van der Waals surface area (Å²) in [7, 11) is 0. The zero-order valence-corrected chi connectivity index (χ0v) is 16.2. The summed E-state index contributed by atoms with van der Waals surface area (Å²) in [5, 5.41) is 6.32. The molecule has 138 valence electrons. The Kier molecular flexibility index (Phi) is 4.52. The second kappa shape index (κ2) is 6.83. The van der Waals surface area contributed by atoms with E-state index in [4.69, 9.17) is 4.98 Å². The first kappa shape index (κ1) is 17.2. The summed E-state index contributed by atoms with van der Waals surface area (Å²) in [6.45, 7) is 7.80. The lowest BCUT2D eigenvalue weighted by atomic mass is 9.93. The van der Waals surface area contributed by atoms with Crippen LogP contribution in [0.4, 0.5) is 0 Å². The van der Waals surface area contributed by atoms with Crippen molar-refractivity contribution in [3.8, 4) is 0 Å². The molecule has 1 amide bonds. The van der Waals surface area contributed by atoms with Crippen molar-refractivity contribution < 1.29 is 4.79 Å². The number of likely N-dealkylation sites (tertiary alicyclic amines) is 1. The smallest absolute Gasteiger partial charge is 0.224 e. The normalized spacial score (nSPS) is 17.1. The van der Waals surface area contributed by atoms with Gasteiger partial charge in [0, 0.05) is 36.5 Å². The maximum Gasteiger partial charge on any atom is 0.224 e. The van der Waals surface area contributed by atoms with E-state index in [1.54, 1.807) is 22.3 Å². The number of carbonyl (C=O) groups is 1. The van der Waals surface area contributed by atoms with E-state index in [-0.39, 0.29) is 11.9 Å². The van der Waals surface area contributed by atoms with Crippen molar-refractivity contribution in [2.45, 2.75) is 52.0 Å². The lowest BCUT2D eigenvalue weighted by Gasteiger charge is -2.32. The molecule has 0 aromatic carbocycles. The van der Waals surface area contributed by atoms with Crippen LogP contribution in [0.1, 0.15) is 55.4 Å². The van der Waals surface area contributed by atoms with E-state index >= 15 is 0 Å². The van der Waals surface area contributed by atoms with Crippen LogP contribution in [-0.2, 0) is 4.79 Å². The van der Waals surface area contributed by atoms with Gasteiger partial charge in [0.15, 0.2) is 0 Å². The van der Waals surface area contributed by atoms with Crippen LogP contribution in [0, 0.1) is 13.8 Å². The van der Waals surface area contributed by atoms with Gasteiger partial charge in [-0.3, -0.25) is 9.20 Å². The molecule has 3 aromatic rings. The molecule has 4 rings (SSSR count). The van der Waals surface area contributed by atoms with Crippen LogP contribution in [0.2, 0.25) is 0 Å². The van der Waals surface area contributed by atoms with E-state index in [0.717, 1.165) is 31.8 Å². The van der Waals surface area contributed by atoms with Crippen molar-refractivity contribution in [1.29, 1.82) is 0 Å². The minimum atomic E-state index is 0.0345. The van der Waals surface area contributed by atoms with Crippen molar-refractivity contribution in [2.24, 2.45) is 0 Å². The summed E-state index contributed by atoms with van der Waals surface area (Å²) in [6.07, 6.45) is 5.59. The van der Waals surface area contributed by atoms with Gasteiger partial charge in [-0.2, -0.15) is 5.10 Å². The number of nitrogens with zero attached hydrogens (tertiary/aromatic N) is 6. The highest BCUT2D eigenvalue weighted by Crippen LogP contribution is 2.34. The molecular weight excluding hydrogens is 348 g/mol. The Labute approximate surface area is 156 Å². The molecule has 26 heavy (non-hydrogen) atoms. The van der Waals surface area contributed by atoms with Gasteiger partial charge >= 0.3 is 0 Å². The highest BCUT2D eigenvalue weighted by molar-refractivity contribution is 7.15. The average Bonchev–Trinajstić information content (AvgIpc) is 3.35. The van der Waals surface area contributed by atoms with Crippen LogP contribution in [-0.4, -0.2) is 48.0 Å². The first-order valence-electron chi connectivity index (χ1n) is 9.09. The zero-order valence-electron chi connectivity index (χ0n) is 15.4. The second-order valence-corrected chi connectivity index (χ2v) is 8.00. The van der Waals surface area contributed by atoms with E-state index in [1.165, 1.54) is 22.5 Å². The lowest BCUT2D eigenvalue weighted by molar-refractivity contribution is -0.133. The standard InChI is InChI=1S/C18H24N6OS/c1-12(23-11-19-10-20-23)8-16(25)22-6-4-15(5-7-22)17-18-24(14(3)21-17)13(2)9-26-18/h9-12,15H,4-8H2,1-3H3/t12-/m0/s1. The number of piperidine rings is 1. The van der Waals surface area contributed by atoms with Crippen molar-refractivity contribution in [1.82, 2.24) is 29.0 Å². The van der Waals surface area contributed by atoms with Gasteiger partial charge in [0.1, 0.15) is 23.3 Å². The third-order valence-electron chi connectivity index (χ3n) is 5.31. The maximum absolute atomic E-state index is 12.6. The molecule has 8 heteroatoms. The summed E-state index contributed by atoms with van der Waals surface area (Å²) >= 11 is 1.77. The van der Waals surface area contributed by atoms with E-state index < -0.39 is 0 Å². The summed E-state index contributed by atoms with van der Waals surface area (Å²) in [5.74, 6) is 1.70. The van der Waals surface area contributed by atoms with Crippen LogP contribution in [0.3, 0.4) is 0 Å². The fourth-order valence-electron chi connectivity index (χ4n) is 3.84. The molecular formula is C18H24N6OS. The van der Waals surface area contributed by atoms with Crippen LogP contribution >= 0.6 is 11.3 Å². The zero-order chi connectivity index (χ0) is 18.3. The van der Waals surface area contributed by atoms with Crippen molar-refractivity contribution >= 4 is 22.1 Å². The maximum atomic E-state index is 12.6. The van der Waals surface area contributed by atoms with E-state index in [9.17, 15) is 4.79 Å². The summed E-state index contributed by atoms with van der Waals surface area (Å²) in [5.41, 5.74) is 2.46. The number of thiazole rings is 1. The first-order chi connectivity index (χ1) is 12.5. The Balaban J connectivity index is 1.40. The fraction of sp³-hybridized carbons (Fsp3) is 0.556. The molecule has 0 spiro atoms. The molecule has 1 aliphatic rings. The molecule has 7 nitrogen and oxygen atoms in total. The molecule has 4 heterocycles. The van der Waals surface area contributed by atoms with Gasteiger partial charge in [0.2, 0.25) is 5.91 Å². The van der Waals surface area contributed by atoms with Gasteiger partial charge < -0.3 is 4.90 Å². The van der Waals surface area contributed by atoms with Crippen molar-refractivity contribution in [3.63, 3.8) is 0 Å². The molecule has 1 saturated heterocycles. The molecule has 0 saturated carbocycles. The van der Waals surface area contributed by atoms with Crippen LogP contribution in [0.5, 0.6) is 0 Å². The number of hydrogen-bond acceptors (Lipinski definition) is 5. The Morgan fingerprint density at radius 2 is 2.12 bits per heavy atom. The molecule has 1 aliphatic heterocycles. The van der Waals surface area contributed by atoms with Crippen molar-refractivity contribution in [2.75, 3.05) is 13.1 Å². The average molecular weight is 372 g/mol. The number of hydrogen-bond donors (Lipinski definition) is 0. The Bertz CT molecular complexity index is 904. The quantitative estimate of drug-likeness (QED) is 0.706. The van der Waals surface area contributed by atoms with Gasteiger partial charge in [-0.15, -0.1) is 11.3 Å². The van der Waals surface area contributed by atoms with E-state index in [1.807, 2.05) is 11.8 Å². The van der Waals surface area contributed by atoms with Crippen LogP contribution < -0.4 is 0 Å². The summed E-state index contributed by atoms with van der Waals surface area (Å²) in [6, 6.07) is 0.0345. The number of aryl methyl sites for hydroxylation is 2. The predicted molar refractivity (Wildman–Crippen MR) is 100 cm³/mol. The number of fused-ring (bicyclic) bond motifs is 1. The Morgan fingerprint density at radius 1 is 1.35 bits per heavy atom. The monoisotopic (exact) mass is 372 g/mol.